The molecule has 0 radical (unpaired) electrons. The number of esters is 2. The van der Waals surface area contributed by atoms with Crippen LogP contribution in [0.5, 0.6) is 0 Å². The summed E-state index contributed by atoms with van der Waals surface area (Å²) in [5.74, 6) is -1.81. The molecule has 0 atom stereocenters. The van der Waals surface area contributed by atoms with Crippen LogP contribution >= 0.6 is 22.7 Å². The molecule has 10 heteroatoms. The van der Waals surface area contributed by atoms with Crippen molar-refractivity contribution < 1.29 is 28.6 Å². The first kappa shape index (κ1) is 23.6. The molecule has 0 aliphatic rings. The number of thiophene rings is 1. The van der Waals surface area contributed by atoms with E-state index >= 15 is 0 Å². The van der Waals surface area contributed by atoms with Gasteiger partial charge in [0, 0.05) is 22.9 Å². The number of hydrogen-bond acceptors (Lipinski definition) is 9. The van der Waals surface area contributed by atoms with Gasteiger partial charge < -0.3 is 19.5 Å². The highest BCUT2D eigenvalue weighted by Gasteiger charge is 2.25. The molecule has 0 saturated heterocycles. The van der Waals surface area contributed by atoms with Gasteiger partial charge in [0.2, 0.25) is 0 Å². The number of benzene rings is 1. The Morgan fingerprint density at radius 1 is 1.09 bits per heavy atom. The fourth-order valence-electron chi connectivity index (χ4n) is 2.95. The number of carbonyl (C=O) groups excluding carboxylic acids is 3. The van der Waals surface area contributed by atoms with Crippen LogP contribution < -0.4 is 5.32 Å². The second-order valence-corrected chi connectivity index (χ2v) is 8.68. The Labute approximate surface area is 193 Å². The zero-order chi connectivity index (χ0) is 23.1. The van der Waals surface area contributed by atoms with Crippen molar-refractivity contribution >= 4 is 45.5 Å². The Balaban J connectivity index is 1.75. The number of rotatable bonds is 9. The Hall–Kier alpha value is -3.08. The van der Waals surface area contributed by atoms with E-state index < -0.39 is 24.5 Å². The fraction of sp³-hybridized carbons (Fsp3) is 0.273. The van der Waals surface area contributed by atoms with E-state index in [-0.39, 0.29) is 24.5 Å². The molecular weight excluding hydrogens is 452 g/mol. The van der Waals surface area contributed by atoms with Crippen molar-refractivity contribution in [2.75, 3.05) is 25.6 Å². The lowest BCUT2D eigenvalue weighted by Crippen LogP contribution is -2.22. The van der Waals surface area contributed by atoms with Gasteiger partial charge in [0.1, 0.15) is 15.6 Å². The summed E-state index contributed by atoms with van der Waals surface area (Å²) in [4.78, 5) is 42.3. The van der Waals surface area contributed by atoms with Crippen molar-refractivity contribution in [3.8, 4) is 11.1 Å². The summed E-state index contributed by atoms with van der Waals surface area (Å²) in [7, 11) is 1.53. The zero-order valence-corrected chi connectivity index (χ0v) is 19.4. The third kappa shape index (κ3) is 5.58. The molecule has 32 heavy (non-hydrogen) atoms. The van der Waals surface area contributed by atoms with Crippen LogP contribution in [0.4, 0.5) is 5.00 Å². The predicted octanol–water partition coefficient (Wildman–Crippen LogP) is 4.30. The first-order valence-electron chi connectivity index (χ1n) is 9.70. The third-order valence-corrected chi connectivity index (χ3v) is 6.09. The number of amides is 1. The molecule has 0 unspecified atom stereocenters. The lowest BCUT2D eigenvalue weighted by molar-refractivity contribution is -0.119. The minimum atomic E-state index is -0.711. The largest absolute Gasteiger partial charge is 0.462 e. The van der Waals surface area contributed by atoms with Gasteiger partial charge in [-0.25, -0.2) is 14.6 Å². The monoisotopic (exact) mass is 474 g/mol. The van der Waals surface area contributed by atoms with Gasteiger partial charge in [-0.2, -0.15) is 0 Å². The number of thiazole rings is 1. The lowest BCUT2D eigenvalue weighted by atomic mass is 10.0. The zero-order valence-electron chi connectivity index (χ0n) is 17.8. The Bertz CT molecular complexity index is 1110. The van der Waals surface area contributed by atoms with Crippen LogP contribution in [0.2, 0.25) is 0 Å². The summed E-state index contributed by atoms with van der Waals surface area (Å²) >= 11 is 2.52. The number of aromatic nitrogens is 1. The summed E-state index contributed by atoms with van der Waals surface area (Å²) in [6, 6.07) is 9.39. The highest BCUT2D eigenvalue weighted by atomic mass is 32.1. The number of aryl methyl sites for hydroxylation is 1. The fourth-order valence-corrected chi connectivity index (χ4v) is 4.76. The minimum absolute atomic E-state index is 0.111. The number of hydrogen-bond donors (Lipinski definition) is 1. The van der Waals surface area contributed by atoms with E-state index in [2.05, 4.69) is 10.3 Å². The van der Waals surface area contributed by atoms with Crippen molar-refractivity contribution in [1.29, 1.82) is 0 Å². The smallest absolute Gasteiger partial charge is 0.358 e. The number of methoxy groups -OCH3 is 1. The van der Waals surface area contributed by atoms with E-state index in [1.54, 1.807) is 12.3 Å². The van der Waals surface area contributed by atoms with Crippen molar-refractivity contribution in [2.24, 2.45) is 0 Å². The number of ether oxygens (including phenoxy) is 3. The molecule has 8 nitrogen and oxygen atoms in total. The van der Waals surface area contributed by atoms with Crippen molar-refractivity contribution in [2.45, 2.75) is 20.5 Å². The molecule has 3 rings (SSSR count). The van der Waals surface area contributed by atoms with Crippen LogP contribution in [0.15, 0.2) is 35.7 Å². The number of nitrogens with one attached hydrogen (secondary N) is 1. The number of carbonyl (C=O) groups is 3. The van der Waals surface area contributed by atoms with Gasteiger partial charge in [-0.05, 0) is 19.4 Å². The number of nitrogens with zero attached hydrogens (tertiary/aromatic N) is 1. The van der Waals surface area contributed by atoms with E-state index in [1.807, 2.05) is 37.3 Å². The molecule has 0 aliphatic heterocycles. The molecule has 0 spiro atoms. The second-order valence-electron chi connectivity index (χ2n) is 6.51. The highest BCUT2D eigenvalue weighted by Crippen LogP contribution is 2.40. The lowest BCUT2D eigenvalue weighted by Gasteiger charge is -2.09. The Morgan fingerprint density at radius 3 is 2.53 bits per heavy atom. The molecule has 168 valence electrons. The molecule has 0 aliphatic carbocycles. The van der Waals surface area contributed by atoms with Crippen LogP contribution in [0, 0.1) is 6.92 Å². The molecular formula is C22H22N2O6S2. The molecule has 0 bridgehead atoms. The molecule has 1 aromatic carbocycles. The van der Waals surface area contributed by atoms with Crippen molar-refractivity contribution in [1.82, 2.24) is 4.98 Å². The van der Waals surface area contributed by atoms with E-state index in [9.17, 15) is 14.4 Å². The number of anilines is 1. The van der Waals surface area contributed by atoms with Gasteiger partial charge in [-0.15, -0.1) is 22.7 Å². The first-order chi connectivity index (χ1) is 15.4. The van der Waals surface area contributed by atoms with Gasteiger partial charge in [0.05, 0.1) is 13.2 Å². The van der Waals surface area contributed by atoms with Gasteiger partial charge in [0.25, 0.3) is 5.91 Å². The maximum atomic E-state index is 12.7. The van der Waals surface area contributed by atoms with Gasteiger partial charge in [0.15, 0.2) is 12.3 Å². The summed E-state index contributed by atoms with van der Waals surface area (Å²) in [6.45, 7) is 3.55. The maximum Gasteiger partial charge on any atom is 0.358 e. The van der Waals surface area contributed by atoms with Crippen molar-refractivity contribution in [3.05, 3.63) is 56.9 Å². The summed E-state index contributed by atoms with van der Waals surface area (Å²) in [6.07, 6.45) is 0. The predicted molar refractivity (Wildman–Crippen MR) is 122 cm³/mol. The molecule has 0 saturated carbocycles. The quantitative estimate of drug-likeness (QED) is 0.461. The molecule has 2 aromatic heterocycles. The average Bonchev–Trinajstić information content (AvgIpc) is 3.37. The molecule has 2 heterocycles. The third-order valence-electron chi connectivity index (χ3n) is 4.24. The molecule has 1 amide bonds. The highest BCUT2D eigenvalue weighted by molar-refractivity contribution is 7.17. The van der Waals surface area contributed by atoms with E-state index in [1.165, 1.54) is 29.8 Å². The summed E-state index contributed by atoms with van der Waals surface area (Å²) in [5.41, 5.74) is 1.94. The second kappa shape index (κ2) is 11.0. The van der Waals surface area contributed by atoms with Gasteiger partial charge in [-0.1, -0.05) is 30.3 Å². The summed E-state index contributed by atoms with van der Waals surface area (Å²) in [5, 5.41) is 5.20. The molecule has 1 N–H and O–H groups in total. The van der Waals surface area contributed by atoms with E-state index in [0.717, 1.165) is 10.4 Å². The van der Waals surface area contributed by atoms with Crippen LogP contribution in [-0.2, 0) is 25.6 Å². The van der Waals surface area contributed by atoms with Gasteiger partial charge >= 0.3 is 11.9 Å². The van der Waals surface area contributed by atoms with Crippen molar-refractivity contribution in [3.63, 3.8) is 0 Å². The minimum Gasteiger partial charge on any atom is -0.462 e. The maximum absolute atomic E-state index is 12.7. The van der Waals surface area contributed by atoms with Crippen LogP contribution in [-0.4, -0.2) is 43.2 Å². The van der Waals surface area contributed by atoms with E-state index in [4.69, 9.17) is 14.2 Å². The Morgan fingerprint density at radius 2 is 1.84 bits per heavy atom. The van der Waals surface area contributed by atoms with Gasteiger partial charge in [-0.3, -0.25) is 4.79 Å². The molecule has 0 fully saturated rings. The van der Waals surface area contributed by atoms with Crippen LogP contribution in [0.3, 0.4) is 0 Å². The SMILES string of the molecule is CCOC(=O)c1c(NC(=O)COC(=O)c2csc(COC)n2)sc(C)c1-c1ccccc1. The summed E-state index contributed by atoms with van der Waals surface area (Å²) < 4.78 is 15.3. The van der Waals surface area contributed by atoms with Crippen LogP contribution in [0.25, 0.3) is 11.1 Å². The topological polar surface area (TPSA) is 104 Å². The standard InChI is InChI=1S/C22H22N2O6S2/c1-4-29-22(27)19-18(14-8-6-5-7-9-14)13(2)32-20(19)24-16(25)10-30-21(26)15-12-31-17(23-15)11-28-3/h5-9,12H,4,10-11H2,1-3H3,(H,24,25). The van der Waals surface area contributed by atoms with E-state index in [0.29, 0.717) is 15.6 Å². The first-order valence-corrected chi connectivity index (χ1v) is 11.4. The molecule has 3 aromatic rings. The normalized spacial score (nSPS) is 10.6. The van der Waals surface area contributed by atoms with Crippen LogP contribution in [0.1, 0.15) is 37.7 Å². The average molecular weight is 475 g/mol. The Kier molecular flexibility index (Phi) is 8.09.